The molecule has 0 aliphatic carbocycles. The number of hydrogen-bond acceptors (Lipinski definition) is 3. The van der Waals surface area contributed by atoms with Crippen LogP contribution >= 0.6 is 11.6 Å². The average molecular weight is 475 g/mol. The van der Waals surface area contributed by atoms with Crippen molar-refractivity contribution in [3.8, 4) is 11.3 Å². The Morgan fingerprint density at radius 2 is 1.71 bits per heavy atom. The number of aromatic nitrogens is 4. The molecule has 3 aromatic heterocycles. The molecule has 7 nitrogen and oxygen atoms in total. The standard InChI is InChI=1S/C26H23ClN4O3/c1-28-14-18(17-6-4-5-7-19(17)28)24-23-22-20(25(32)30(3)26(33)29(22)2)21(31(23)12-13-34-24)15-8-10-16(27)11-9-15/h4-11,14,24H,12-13H2,1-3H3. The lowest BCUT2D eigenvalue weighted by molar-refractivity contribution is 0.0486. The van der Waals surface area contributed by atoms with Gasteiger partial charge in [0.25, 0.3) is 5.56 Å². The van der Waals surface area contributed by atoms with Crippen LogP contribution in [0.3, 0.4) is 0 Å². The zero-order valence-corrected chi connectivity index (χ0v) is 19.8. The molecular weight excluding hydrogens is 452 g/mol. The molecule has 0 N–H and O–H groups in total. The summed E-state index contributed by atoms with van der Waals surface area (Å²) in [5, 5.41) is 2.22. The molecule has 1 unspecified atom stereocenters. The van der Waals surface area contributed by atoms with Gasteiger partial charge >= 0.3 is 5.69 Å². The van der Waals surface area contributed by atoms with Crippen molar-refractivity contribution in [3.05, 3.63) is 91.8 Å². The second kappa shape index (κ2) is 7.48. The highest BCUT2D eigenvalue weighted by Gasteiger charge is 2.34. The van der Waals surface area contributed by atoms with E-state index in [-0.39, 0.29) is 11.2 Å². The van der Waals surface area contributed by atoms with E-state index < -0.39 is 6.10 Å². The summed E-state index contributed by atoms with van der Waals surface area (Å²) in [6.45, 7) is 1.05. The van der Waals surface area contributed by atoms with Crippen LogP contribution in [-0.2, 0) is 32.4 Å². The highest BCUT2D eigenvalue weighted by molar-refractivity contribution is 6.30. The Bertz CT molecular complexity index is 1720. The number of aryl methyl sites for hydroxylation is 2. The minimum absolute atomic E-state index is 0.318. The molecule has 1 atom stereocenters. The van der Waals surface area contributed by atoms with Crippen molar-refractivity contribution >= 4 is 33.4 Å². The van der Waals surface area contributed by atoms with Gasteiger partial charge < -0.3 is 13.9 Å². The lowest BCUT2D eigenvalue weighted by Gasteiger charge is -2.27. The monoisotopic (exact) mass is 474 g/mol. The van der Waals surface area contributed by atoms with E-state index in [0.29, 0.717) is 29.1 Å². The predicted molar refractivity (Wildman–Crippen MR) is 134 cm³/mol. The summed E-state index contributed by atoms with van der Waals surface area (Å²) < 4.78 is 13.3. The minimum Gasteiger partial charge on any atom is -0.365 e. The summed E-state index contributed by atoms with van der Waals surface area (Å²) in [4.78, 5) is 26.5. The molecule has 5 aromatic rings. The van der Waals surface area contributed by atoms with Gasteiger partial charge in [0.05, 0.1) is 28.9 Å². The van der Waals surface area contributed by atoms with Gasteiger partial charge in [-0.1, -0.05) is 41.9 Å². The molecule has 4 heterocycles. The van der Waals surface area contributed by atoms with Gasteiger partial charge in [0.1, 0.15) is 6.10 Å². The van der Waals surface area contributed by atoms with Crippen LogP contribution in [0.4, 0.5) is 0 Å². The molecule has 0 saturated heterocycles. The first kappa shape index (κ1) is 21.0. The zero-order valence-electron chi connectivity index (χ0n) is 19.1. The summed E-state index contributed by atoms with van der Waals surface area (Å²) >= 11 is 6.16. The van der Waals surface area contributed by atoms with Crippen LogP contribution in [0.25, 0.3) is 33.1 Å². The number of nitrogens with zero attached hydrogens (tertiary/aromatic N) is 4. The van der Waals surface area contributed by atoms with Crippen LogP contribution in [0.5, 0.6) is 0 Å². The van der Waals surface area contributed by atoms with E-state index in [4.69, 9.17) is 16.3 Å². The fraction of sp³-hybridized carbons (Fsp3) is 0.231. The molecule has 34 heavy (non-hydrogen) atoms. The molecule has 1 aliphatic heterocycles. The first-order valence-corrected chi connectivity index (χ1v) is 11.5. The Balaban J connectivity index is 1.77. The number of halogens is 1. The number of rotatable bonds is 2. The fourth-order valence-corrected chi connectivity index (χ4v) is 5.43. The van der Waals surface area contributed by atoms with Gasteiger partial charge in [-0.2, -0.15) is 0 Å². The summed E-state index contributed by atoms with van der Waals surface area (Å²) in [6.07, 6.45) is 1.64. The zero-order chi connectivity index (χ0) is 23.7. The van der Waals surface area contributed by atoms with Gasteiger partial charge in [0.2, 0.25) is 0 Å². The summed E-state index contributed by atoms with van der Waals surface area (Å²) in [5.74, 6) is 0. The second-order valence-corrected chi connectivity index (χ2v) is 9.22. The van der Waals surface area contributed by atoms with Crippen LogP contribution < -0.4 is 11.2 Å². The highest BCUT2D eigenvalue weighted by Crippen LogP contribution is 2.42. The molecule has 0 radical (unpaired) electrons. The van der Waals surface area contributed by atoms with Crippen molar-refractivity contribution in [3.63, 3.8) is 0 Å². The predicted octanol–water partition coefficient (Wildman–Crippen LogP) is 3.97. The number of hydrogen-bond donors (Lipinski definition) is 0. The Morgan fingerprint density at radius 1 is 0.971 bits per heavy atom. The minimum atomic E-state index is -0.430. The van der Waals surface area contributed by atoms with Crippen LogP contribution in [0, 0.1) is 0 Å². The average Bonchev–Trinajstić information content (AvgIpc) is 3.37. The van der Waals surface area contributed by atoms with Crippen LogP contribution in [-0.4, -0.2) is 24.9 Å². The van der Waals surface area contributed by atoms with E-state index in [0.717, 1.165) is 33.4 Å². The normalized spacial score (nSPS) is 15.8. The smallest absolute Gasteiger partial charge is 0.331 e. The second-order valence-electron chi connectivity index (χ2n) is 8.79. The van der Waals surface area contributed by atoms with Gasteiger partial charge in [0, 0.05) is 55.4 Å². The van der Waals surface area contributed by atoms with Crippen molar-refractivity contribution in [2.45, 2.75) is 12.6 Å². The molecule has 0 amide bonds. The first-order valence-electron chi connectivity index (χ1n) is 11.1. The SMILES string of the molecule is Cn1c(=O)c2c(-c3ccc(Cl)cc3)n3c(c2n(C)c1=O)C(c1cn(C)c2ccccc12)OCC3. The topological polar surface area (TPSA) is 63.1 Å². The highest BCUT2D eigenvalue weighted by atomic mass is 35.5. The molecule has 172 valence electrons. The maximum Gasteiger partial charge on any atom is 0.331 e. The van der Waals surface area contributed by atoms with Gasteiger partial charge in [-0.05, 0) is 23.8 Å². The quantitative estimate of drug-likeness (QED) is 0.389. The van der Waals surface area contributed by atoms with Gasteiger partial charge in [-0.25, -0.2) is 4.79 Å². The lowest BCUT2D eigenvalue weighted by Crippen LogP contribution is -2.37. The van der Waals surface area contributed by atoms with Gasteiger partial charge in [-0.3, -0.25) is 13.9 Å². The van der Waals surface area contributed by atoms with Crippen LogP contribution in [0.2, 0.25) is 5.02 Å². The molecular formula is C26H23ClN4O3. The van der Waals surface area contributed by atoms with Crippen molar-refractivity contribution in [2.24, 2.45) is 21.1 Å². The van der Waals surface area contributed by atoms with E-state index in [1.54, 1.807) is 11.6 Å². The van der Waals surface area contributed by atoms with Crippen LogP contribution in [0.15, 0.2) is 64.3 Å². The Kier molecular flexibility index (Phi) is 4.62. The Hall–Kier alpha value is -3.55. The molecule has 8 heteroatoms. The largest absolute Gasteiger partial charge is 0.365 e. The molecule has 1 aliphatic rings. The molecule has 0 bridgehead atoms. The number of ether oxygens (including phenoxy) is 1. The summed E-state index contributed by atoms with van der Waals surface area (Å²) in [6, 6.07) is 15.6. The number of para-hydroxylation sites is 1. The molecule has 0 saturated carbocycles. The van der Waals surface area contributed by atoms with Gasteiger partial charge in [-0.15, -0.1) is 0 Å². The number of fused-ring (bicyclic) bond motifs is 4. The molecule has 0 fully saturated rings. The maximum atomic E-state index is 13.5. The van der Waals surface area contributed by atoms with Gasteiger partial charge in [0.15, 0.2) is 0 Å². The lowest BCUT2D eigenvalue weighted by atomic mass is 10.0. The third-order valence-electron chi connectivity index (χ3n) is 6.88. The van der Waals surface area contributed by atoms with Crippen molar-refractivity contribution < 1.29 is 4.74 Å². The third-order valence-corrected chi connectivity index (χ3v) is 7.13. The van der Waals surface area contributed by atoms with E-state index in [1.807, 2.05) is 43.4 Å². The summed E-state index contributed by atoms with van der Waals surface area (Å²) in [7, 11) is 5.24. The Labute approximate surface area is 200 Å². The third kappa shape index (κ3) is 2.80. The van der Waals surface area contributed by atoms with Crippen molar-refractivity contribution in [1.29, 1.82) is 0 Å². The number of benzene rings is 2. The fourth-order valence-electron chi connectivity index (χ4n) is 5.31. The maximum absolute atomic E-state index is 13.5. The molecule has 2 aromatic carbocycles. The first-order chi connectivity index (χ1) is 16.4. The van der Waals surface area contributed by atoms with E-state index >= 15 is 0 Å². The van der Waals surface area contributed by atoms with E-state index in [2.05, 4.69) is 27.5 Å². The van der Waals surface area contributed by atoms with Crippen molar-refractivity contribution in [1.82, 2.24) is 18.3 Å². The summed E-state index contributed by atoms with van der Waals surface area (Å²) in [5.41, 5.74) is 4.50. The van der Waals surface area contributed by atoms with Crippen LogP contribution in [0.1, 0.15) is 17.4 Å². The molecule has 6 rings (SSSR count). The Morgan fingerprint density at radius 3 is 2.47 bits per heavy atom. The van der Waals surface area contributed by atoms with E-state index in [9.17, 15) is 9.59 Å². The molecule has 0 spiro atoms. The van der Waals surface area contributed by atoms with Crippen molar-refractivity contribution in [2.75, 3.05) is 6.61 Å². The van der Waals surface area contributed by atoms with E-state index in [1.165, 1.54) is 11.6 Å².